The average Bonchev–Trinajstić information content (AvgIpc) is 2.49. The third kappa shape index (κ3) is 3.17. The van der Waals surface area contributed by atoms with E-state index in [1.54, 1.807) is 11.0 Å². The van der Waals surface area contributed by atoms with Crippen molar-refractivity contribution in [1.29, 1.82) is 0 Å². The first-order chi connectivity index (χ1) is 8.89. The zero-order valence-corrected chi connectivity index (χ0v) is 11.2. The normalized spacial score (nSPS) is 18.8. The molecule has 7 heteroatoms. The molecule has 1 saturated heterocycles. The Morgan fingerprint density at radius 3 is 2.68 bits per heavy atom. The van der Waals surface area contributed by atoms with Gasteiger partial charge in [-0.3, -0.25) is 0 Å². The molecule has 104 valence electrons. The Bertz CT molecular complexity index is 598. The van der Waals surface area contributed by atoms with Gasteiger partial charge in [-0.25, -0.2) is 13.2 Å². The third-order valence-electron chi connectivity index (χ3n) is 3.15. The van der Waals surface area contributed by atoms with Gasteiger partial charge in [0.05, 0.1) is 22.8 Å². The molecule has 1 heterocycles. The van der Waals surface area contributed by atoms with Crippen LogP contribution in [0.25, 0.3) is 0 Å². The van der Waals surface area contributed by atoms with Crippen LogP contribution in [0.15, 0.2) is 18.2 Å². The number of carboxylic acids is 1. The number of benzene rings is 1. The first-order valence-corrected chi connectivity index (χ1v) is 7.79. The quantitative estimate of drug-likeness (QED) is 0.771. The molecular weight excluding hydrogens is 268 g/mol. The maximum Gasteiger partial charge on any atom is 0.337 e. The van der Waals surface area contributed by atoms with Gasteiger partial charge in [-0.05, 0) is 24.6 Å². The number of anilines is 2. The minimum Gasteiger partial charge on any atom is -0.478 e. The molecule has 3 N–H and O–H groups in total. The first kappa shape index (κ1) is 13.7. The van der Waals surface area contributed by atoms with Crippen LogP contribution in [-0.2, 0) is 9.84 Å². The predicted molar refractivity (Wildman–Crippen MR) is 73.3 cm³/mol. The van der Waals surface area contributed by atoms with E-state index in [1.807, 2.05) is 0 Å². The second kappa shape index (κ2) is 5.08. The molecule has 0 radical (unpaired) electrons. The zero-order valence-electron chi connectivity index (χ0n) is 10.4. The highest BCUT2D eigenvalue weighted by atomic mass is 32.2. The maximum atomic E-state index is 11.6. The van der Waals surface area contributed by atoms with Gasteiger partial charge in [-0.2, -0.15) is 0 Å². The van der Waals surface area contributed by atoms with Crippen LogP contribution in [0.3, 0.4) is 0 Å². The predicted octanol–water partition coefficient (Wildman–Crippen LogP) is 0.592. The molecule has 1 aromatic carbocycles. The number of aromatic carboxylic acids is 1. The van der Waals surface area contributed by atoms with E-state index >= 15 is 0 Å². The number of nitrogens with two attached hydrogens (primary N) is 1. The topological polar surface area (TPSA) is 101 Å². The number of carboxylic acid groups (broad SMARTS) is 1. The van der Waals surface area contributed by atoms with Crippen LogP contribution in [0, 0.1) is 0 Å². The summed E-state index contributed by atoms with van der Waals surface area (Å²) >= 11 is 0. The molecule has 1 aliphatic heterocycles. The summed E-state index contributed by atoms with van der Waals surface area (Å²) in [5.41, 5.74) is 6.79. The fourth-order valence-corrected chi connectivity index (χ4v) is 3.44. The Kier molecular flexibility index (Phi) is 3.66. The van der Waals surface area contributed by atoms with Crippen molar-refractivity contribution in [2.45, 2.75) is 6.42 Å². The van der Waals surface area contributed by atoms with Gasteiger partial charge < -0.3 is 15.7 Å². The summed E-state index contributed by atoms with van der Waals surface area (Å²) in [6, 6.07) is 4.56. The van der Waals surface area contributed by atoms with Crippen LogP contribution in [-0.4, -0.2) is 44.1 Å². The number of hydrogen-bond acceptors (Lipinski definition) is 5. The molecule has 0 saturated carbocycles. The van der Waals surface area contributed by atoms with E-state index in [4.69, 9.17) is 5.73 Å². The van der Waals surface area contributed by atoms with Crippen molar-refractivity contribution >= 4 is 27.2 Å². The minimum atomic E-state index is -3.02. The summed E-state index contributed by atoms with van der Waals surface area (Å²) in [5, 5.41) is 9.17. The Labute approximate surface area is 111 Å². The van der Waals surface area contributed by atoms with Crippen LogP contribution in [0.5, 0.6) is 0 Å². The van der Waals surface area contributed by atoms with Crippen molar-refractivity contribution in [2.24, 2.45) is 0 Å². The fraction of sp³-hybridized carbons (Fsp3) is 0.417. The molecule has 0 aliphatic carbocycles. The Morgan fingerprint density at radius 1 is 1.26 bits per heavy atom. The van der Waals surface area contributed by atoms with Crippen molar-refractivity contribution in [1.82, 2.24) is 0 Å². The van der Waals surface area contributed by atoms with Crippen molar-refractivity contribution < 1.29 is 18.3 Å². The van der Waals surface area contributed by atoms with E-state index in [1.165, 1.54) is 12.1 Å². The standard InChI is InChI=1S/C12H16N2O4S/c13-9-2-3-10(12(15)16)11(8-9)14-4-1-6-19(17,18)7-5-14/h2-3,8H,1,4-7,13H2,(H,15,16). The summed E-state index contributed by atoms with van der Waals surface area (Å²) in [5.74, 6) is -0.850. The lowest BCUT2D eigenvalue weighted by molar-refractivity contribution is 0.0697. The van der Waals surface area contributed by atoms with E-state index in [0.29, 0.717) is 30.9 Å². The van der Waals surface area contributed by atoms with Gasteiger partial charge in [0, 0.05) is 18.8 Å². The van der Waals surface area contributed by atoms with Crippen LogP contribution in [0.2, 0.25) is 0 Å². The molecule has 1 aromatic rings. The molecule has 0 aromatic heterocycles. The number of sulfone groups is 1. The van der Waals surface area contributed by atoms with Gasteiger partial charge in [-0.15, -0.1) is 0 Å². The van der Waals surface area contributed by atoms with Gasteiger partial charge >= 0.3 is 5.97 Å². The van der Waals surface area contributed by atoms with E-state index in [0.717, 1.165) is 0 Å². The summed E-state index contributed by atoms with van der Waals surface area (Å²) < 4.78 is 23.1. The molecule has 0 atom stereocenters. The molecule has 1 fully saturated rings. The highest BCUT2D eigenvalue weighted by Crippen LogP contribution is 2.25. The monoisotopic (exact) mass is 284 g/mol. The molecular formula is C12H16N2O4S. The van der Waals surface area contributed by atoms with E-state index < -0.39 is 15.8 Å². The SMILES string of the molecule is Nc1ccc(C(=O)O)c(N2CCCS(=O)(=O)CC2)c1. The number of carbonyl (C=O) groups is 1. The molecule has 19 heavy (non-hydrogen) atoms. The zero-order chi connectivity index (χ0) is 14.0. The Morgan fingerprint density at radius 2 is 2.00 bits per heavy atom. The van der Waals surface area contributed by atoms with E-state index in [-0.39, 0.29) is 17.1 Å². The van der Waals surface area contributed by atoms with Crippen molar-refractivity contribution in [3.05, 3.63) is 23.8 Å². The average molecular weight is 284 g/mol. The minimum absolute atomic E-state index is 0.0425. The molecule has 0 amide bonds. The van der Waals surface area contributed by atoms with E-state index in [9.17, 15) is 18.3 Å². The Balaban J connectivity index is 2.35. The lowest BCUT2D eigenvalue weighted by atomic mass is 10.1. The molecule has 1 aliphatic rings. The smallest absolute Gasteiger partial charge is 0.337 e. The van der Waals surface area contributed by atoms with Crippen LogP contribution < -0.4 is 10.6 Å². The van der Waals surface area contributed by atoms with Gasteiger partial charge in [0.15, 0.2) is 9.84 Å². The van der Waals surface area contributed by atoms with Gasteiger partial charge in [0.1, 0.15) is 0 Å². The second-order valence-corrected chi connectivity index (χ2v) is 6.88. The second-order valence-electron chi connectivity index (χ2n) is 4.57. The fourth-order valence-electron chi connectivity index (χ4n) is 2.17. The summed E-state index contributed by atoms with van der Waals surface area (Å²) in [6.45, 7) is 0.815. The lowest BCUT2D eigenvalue weighted by Crippen LogP contribution is -2.28. The third-order valence-corrected chi connectivity index (χ3v) is 4.86. The van der Waals surface area contributed by atoms with Crippen molar-refractivity contribution in [3.8, 4) is 0 Å². The maximum absolute atomic E-state index is 11.6. The molecule has 0 bridgehead atoms. The van der Waals surface area contributed by atoms with Gasteiger partial charge in [0.2, 0.25) is 0 Å². The van der Waals surface area contributed by atoms with Crippen molar-refractivity contribution in [3.63, 3.8) is 0 Å². The van der Waals surface area contributed by atoms with Gasteiger partial charge in [-0.1, -0.05) is 0 Å². The van der Waals surface area contributed by atoms with Crippen LogP contribution >= 0.6 is 0 Å². The Hall–Kier alpha value is -1.76. The molecule has 6 nitrogen and oxygen atoms in total. The van der Waals surface area contributed by atoms with Crippen LogP contribution in [0.1, 0.15) is 16.8 Å². The number of nitrogens with zero attached hydrogens (tertiary/aromatic N) is 1. The molecule has 0 unspecified atom stereocenters. The van der Waals surface area contributed by atoms with Crippen LogP contribution in [0.4, 0.5) is 11.4 Å². The van der Waals surface area contributed by atoms with E-state index in [2.05, 4.69) is 0 Å². The largest absolute Gasteiger partial charge is 0.478 e. The first-order valence-electron chi connectivity index (χ1n) is 5.97. The summed E-state index contributed by atoms with van der Waals surface area (Å²) in [4.78, 5) is 13.0. The van der Waals surface area contributed by atoms with Gasteiger partial charge in [0.25, 0.3) is 0 Å². The number of nitrogen functional groups attached to an aromatic ring is 1. The lowest BCUT2D eigenvalue weighted by Gasteiger charge is -2.24. The summed E-state index contributed by atoms with van der Waals surface area (Å²) in [7, 11) is -3.02. The molecule has 0 spiro atoms. The highest BCUT2D eigenvalue weighted by molar-refractivity contribution is 7.91. The summed E-state index contributed by atoms with van der Waals surface area (Å²) in [6.07, 6.45) is 0.496. The number of hydrogen-bond donors (Lipinski definition) is 2. The number of rotatable bonds is 2. The molecule has 2 rings (SSSR count). The van der Waals surface area contributed by atoms with Crippen molar-refractivity contribution in [2.75, 3.05) is 35.2 Å². The highest BCUT2D eigenvalue weighted by Gasteiger charge is 2.22.